The SMILES string of the molecule is CC(C)(C#Cc1ccccc1)OC(=O)O. The lowest BCUT2D eigenvalue weighted by Crippen LogP contribution is -2.25. The Morgan fingerprint density at radius 1 is 1.33 bits per heavy atom. The molecule has 3 heteroatoms. The van der Waals surface area contributed by atoms with Gasteiger partial charge in [0.1, 0.15) is 0 Å². The second kappa shape index (κ2) is 4.52. The number of carbonyl (C=O) groups is 1. The van der Waals surface area contributed by atoms with Gasteiger partial charge in [0.05, 0.1) is 0 Å². The van der Waals surface area contributed by atoms with Crippen LogP contribution in [0.15, 0.2) is 30.3 Å². The molecule has 0 atom stereocenters. The van der Waals surface area contributed by atoms with Gasteiger partial charge in [0.15, 0.2) is 5.60 Å². The van der Waals surface area contributed by atoms with Crippen LogP contribution in [0, 0.1) is 11.8 Å². The minimum absolute atomic E-state index is 0.833. The number of rotatable bonds is 1. The molecule has 0 unspecified atom stereocenters. The second-order valence-electron chi connectivity index (χ2n) is 3.49. The second-order valence-corrected chi connectivity index (χ2v) is 3.49. The summed E-state index contributed by atoms with van der Waals surface area (Å²) in [5.74, 6) is 5.61. The lowest BCUT2D eigenvalue weighted by Gasteiger charge is -2.15. The maximum Gasteiger partial charge on any atom is 0.507 e. The highest BCUT2D eigenvalue weighted by molar-refractivity contribution is 5.58. The standard InChI is InChI=1S/C12H12O3/c1-12(2,15-11(13)14)9-8-10-6-4-3-5-7-10/h3-7H,1-2H3,(H,13,14). The average molecular weight is 204 g/mol. The molecule has 0 aliphatic rings. The molecular formula is C12H12O3. The predicted octanol–water partition coefficient (Wildman–Crippen LogP) is 2.51. The van der Waals surface area contributed by atoms with E-state index in [4.69, 9.17) is 5.11 Å². The molecule has 1 aromatic rings. The quantitative estimate of drug-likeness (QED) is 0.564. The van der Waals surface area contributed by atoms with Gasteiger partial charge in [-0.3, -0.25) is 0 Å². The first kappa shape index (κ1) is 11.1. The van der Waals surface area contributed by atoms with E-state index in [9.17, 15) is 4.79 Å². The van der Waals surface area contributed by atoms with Crippen LogP contribution in [0.4, 0.5) is 4.79 Å². The Morgan fingerprint density at radius 2 is 1.93 bits per heavy atom. The topological polar surface area (TPSA) is 46.5 Å². The molecule has 0 aliphatic carbocycles. The van der Waals surface area contributed by atoms with Crippen LogP contribution in [0.3, 0.4) is 0 Å². The number of benzene rings is 1. The van der Waals surface area contributed by atoms with Crippen molar-refractivity contribution in [1.29, 1.82) is 0 Å². The average Bonchev–Trinajstić information content (AvgIpc) is 2.15. The molecule has 1 N–H and O–H groups in total. The van der Waals surface area contributed by atoms with Gasteiger partial charge >= 0.3 is 6.16 Å². The van der Waals surface area contributed by atoms with Crippen molar-refractivity contribution in [2.75, 3.05) is 0 Å². The molecule has 0 aromatic heterocycles. The van der Waals surface area contributed by atoms with E-state index >= 15 is 0 Å². The van der Waals surface area contributed by atoms with Crippen molar-refractivity contribution in [3.05, 3.63) is 35.9 Å². The number of hydrogen-bond donors (Lipinski definition) is 1. The van der Waals surface area contributed by atoms with Crippen LogP contribution in [0.2, 0.25) is 0 Å². The van der Waals surface area contributed by atoms with Crippen molar-refractivity contribution in [3.63, 3.8) is 0 Å². The van der Waals surface area contributed by atoms with Crippen molar-refractivity contribution in [2.24, 2.45) is 0 Å². The summed E-state index contributed by atoms with van der Waals surface area (Å²) < 4.78 is 4.60. The van der Waals surface area contributed by atoms with Crippen molar-refractivity contribution in [2.45, 2.75) is 19.4 Å². The van der Waals surface area contributed by atoms with Gasteiger partial charge in [-0.05, 0) is 26.0 Å². The zero-order chi connectivity index (χ0) is 11.3. The van der Waals surface area contributed by atoms with E-state index in [0.29, 0.717) is 0 Å². The first-order valence-electron chi connectivity index (χ1n) is 4.50. The summed E-state index contributed by atoms with van der Waals surface area (Å²) in [6.45, 7) is 3.22. The Hall–Kier alpha value is -1.95. The molecule has 0 spiro atoms. The molecule has 0 fully saturated rings. The maximum atomic E-state index is 10.3. The van der Waals surface area contributed by atoms with E-state index in [-0.39, 0.29) is 0 Å². The monoisotopic (exact) mass is 204 g/mol. The van der Waals surface area contributed by atoms with Gasteiger partial charge in [0.2, 0.25) is 0 Å². The lowest BCUT2D eigenvalue weighted by molar-refractivity contribution is 0.0356. The first-order valence-corrected chi connectivity index (χ1v) is 4.50. The highest BCUT2D eigenvalue weighted by Gasteiger charge is 2.18. The van der Waals surface area contributed by atoms with Crippen LogP contribution in [0.5, 0.6) is 0 Å². The van der Waals surface area contributed by atoms with E-state index in [2.05, 4.69) is 16.6 Å². The molecule has 0 heterocycles. The van der Waals surface area contributed by atoms with Crippen LogP contribution in [-0.4, -0.2) is 16.9 Å². The fourth-order valence-corrected chi connectivity index (χ4v) is 0.988. The minimum atomic E-state index is -1.32. The maximum absolute atomic E-state index is 10.3. The normalized spacial score (nSPS) is 10.0. The minimum Gasteiger partial charge on any atom is -0.450 e. The van der Waals surface area contributed by atoms with Crippen molar-refractivity contribution in [1.82, 2.24) is 0 Å². The van der Waals surface area contributed by atoms with E-state index in [1.165, 1.54) is 0 Å². The third-order valence-electron chi connectivity index (χ3n) is 1.62. The highest BCUT2D eigenvalue weighted by atomic mass is 16.7. The van der Waals surface area contributed by atoms with Gasteiger partial charge in [-0.2, -0.15) is 0 Å². The summed E-state index contributed by atoms with van der Waals surface area (Å²) in [6, 6.07) is 9.34. The Morgan fingerprint density at radius 3 is 2.47 bits per heavy atom. The Labute approximate surface area is 88.7 Å². The fraction of sp³-hybridized carbons (Fsp3) is 0.250. The van der Waals surface area contributed by atoms with Crippen LogP contribution < -0.4 is 0 Å². The molecule has 0 aliphatic heterocycles. The van der Waals surface area contributed by atoms with Crippen molar-refractivity contribution in [3.8, 4) is 11.8 Å². The van der Waals surface area contributed by atoms with Gasteiger partial charge in [0, 0.05) is 5.56 Å². The molecule has 1 rings (SSSR count). The smallest absolute Gasteiger partial charge is 0.450 e. The summed E-state index contributed by atoms with van der Waals surface area (Å²) in [7, 11) is 0. The zero-order valence-electron chi connectivity index (χ0n) is 8.65. The number of ether oxygens (including phenoxy) is 1. The van der Waals surface area contributed by atoms with Crippen LogP contribution in [-0.2, 0) is 4.74 Å². The lowest BCUT2D eigenvalue weighted by atomic mass is 10.1. The first-order chi connectivity index (χ1) is 6.99. The summed E-state index contributed by atoms with van der Waals surface area (Å²) in [6.07, 6.45) is -1.32. The Balaban J connectivity index is 2.77. The Kier molecular flexibility index (Phi) is 3.35. The third kappa shape index (κ3) is 4.19. The van der Waals surface area contributed by atoms with Crippen LogP contribution >= 0.6 is 0 Å². The van der Waals surface area contributed by atoms with Crippen LogP contribution in [0.1, 0.15) is 19.4 Å². The van der Waals surface area contributed by atoms with E-state index in [1.54, 1.807) is 13.8 Å². The van der Waals surface area contributed by atoms with Crippen LogP contribution in [0.25, 0.3) is 0 Å². The van der Waals surface area contributed by atoms with Gasteiger partial charge in [-0.1, -0.05) is 30.0 Å². The predicted molar refractivity (Wildman–Crippen MR) is 56.5 cm³/mol. The molecule has 0 radical (unpaired) electrons. The molecule has 0 saturated heterocycles. The fourth-order valence-electron chi connectivity index (χ4n) is 0.988. The number of carboxylic acid groups (broad SMARTS) is 1. The van der Waals surface area contributed by atoms with Crippen molar-refractivity contribution < 1.29 is 14.6 Å². The molecule has 78 valence electrons. The summed E-state index contributed by atoms with van der Waals surface area (Å²) >= 11 is 0. The molecule has 15 heavy (non-hydrogen) atoms. The van der Waals surface area contributed by atoms with E-state index in [0.717, 1.165) is 5.56 Å². The van der Waals surface area contributed by atoms with Gasteiger partial charge in [-0.25, -0.2) is 4.79 Å². The highest BCUT2D eigenvalue weighted by Crippen LogP contribution is 2.08. The molecule has 1 aromatic carbocycles. The Bertz CT molecular complexity index is 396. The molecule has 0 saturated carbocycles. The summed E-state index contributed by atoms with van der Waals surface area (Å²) in [5, 5.41) is 8.46. The zero-order valence-corrected chi connectivity index (χ0v) is 8.65. The summed E-state index contributed by atoms with van der Waals surface area (Å²) in [4.78, 5) is 10.3. The van der Waals surface area contributed by atoms with Gasteiger partial charge in [-0.15, -0.1) is 0 Å². The summed E-state index contributed by atoms with van der Waals surface area (Å²) in [5.41, 5.74) is -0.152. The molecular weight excluding hydrogens is 192 g/mol. The molecule has 0 amide bonds. The largest absolute Gasteiger partial charge is 0.507 e. The van der Waals surface area contributed by atoms with Crippen molar-refractivity contribution >= 4 is 6.16 Å². The van der Waals surface area contributed by atoms with E-state index in [1.807, 2.05) is 30.3 Å². The molecule has 3 nitrogen and oxygen atoms in total. The van der Waals surface area contributed by atoms with E-state index < -0.39 is 11.8 Å². The van der Waals surface area contributed by atoms with Gasteiger partial charge < -0.3 is 9.84 Å². The number of hydrogen-bond acceptors (Lipinski definition) is 2. The van der Waals surface area contributed by atoms with Gasteiger partial charge in [0.25, 0.3) is 0 Å². The third-order valence-corrected chi connectivity index (χ3v) is 1.62. The molecule has 0 bridgehead atoms.